The van der Waals surface area contributed by atoms with Gasteiger partial charge in [-0.1, -0.05) is 48.8 Å². The van der Waals surface area contributed by atoms with Gasteiger partial charge in [0.2, 0.25) is 0 Å². The van der Waals surface area contributed by atoms with Gasteiger partial charge in [0.1, 0.15) is 5.75 Å². The van der Waals surface area contributed by atoms with Gasteiger partial charge in [-0.05, 0) is 116 Å². The molecule has 48 heavy (non-hydrogen) atoms. The van der Waals surface area contributed by atoms with Crippen LogP contribution in [-0.2, 0) is 21.4 Å². The number of benzene rings is 2. The highest BCUT2D eigenvalue weighted by Gasteiger charge is 2.44. The Hall–Kier alpha value is -3.36. The molecule has 2 aromatic carbocycles. The Morgan fingerprint density at radius 1 is 1.10 bits per heavy atom. The molecule has 0 amide bonds. The first-order chi connectivity index (χ1) is 23.3. The van der Waals surface area contributed by atoms with Gasteiger partial charge in [-0.25, -0.2) is 14.8 Å². The fraction of sp³-hybridized carbons (Fsp3) is 0.487. The number of hydrogen-bond donors (Lipinski definition) is 0. The van der Waals surface area contributed by atoms with Crippen LogP contribution in [0.1, 0.15) is 73.4 Å². The number of anilines is 1. The van der Waals surface area contributed by atoms with Gasteiger partial charge in [0.25, 0.3) is 0 Å². The fourth-order valence-electron chi connectivity index (χ4n) is 8.42. The second kappa shape index (κ2) is 14.2. The first-order valence-electron chi connectivity index (χ1n) is 17.4. The zero-order chi connectivity index (χ0) is 33.3. The Bertz CT molecular complexity index is 1680. The van der Waals surface area contributed by atoms with Crippen LogP contribution in [-0.4, -0.2) is 53.8 Å². The van der Waals surface area contributed by atoms with Crippen molar-refractivity contribution in [2.75, 3.05) is 31.7 Å². The average molecular weight is 686 g/mol. The molecular weight excluding hydrogens is 642 g/mol. The number of esters is 1. The Labute approximate surface area is 292 Å². The summed E-state index contributed by atoms with van der Waals surface area (Å²) in [5, 5.41) is 2.03. The van der Waals surface area contributed by atoms with Crippen LogP contribution in [0.5, 0.6) is 5.75 Å². The van der Waals surface area contributed by atoms with Gasteiger partial charge in [-0.3, -0.25) is 4.79 Å². The molecule has 3 aromatic rings. The lowest BCUT2D eigenvalue weighted by Crippen LogP contribution is -2.49. The highest BCUT2D eigenvalue weighted by molar-refractivity contribution is 7.99. The maximum Gasteiger partial charge on any atom is 0.337 e. The van der Waals surface area contributed by atoms with Crippen LogP contribution < -0.4 is 9.64 Å². The van der Waals surface area contributed by atoms with Crippen LogP contribution in [0.25, 0.3) is 0 Å². The molecule has 4 aliphatic rings. The number of methoxy groups -OCH3 is 1. The minimum absolute atomic E-state index is 0.00662. The molecule has 0 saturated heterocycles. The van der Waals surface area contributed by atoms with Gasteiger partial charge in [0, 0.05) is 47.1 Å². The third-order valence-electron chi connectivity index (χ3n) is 11.3. The van der Waals surface area contributed by atoms with Gasteiger partial charge in [-0.15, -0.1) is 0 Å². The molecule has 6 atom stereocenters. The average Bonchev–Trinajstić information content (AvgIpc) is 3.23. The monoisotopic (exact) mass is 685 g/mol. The molecule has 1 unspecified atom stereocenters. The van der Waals surface area contributed by atoms with E-state index in [0.29, 0.717) is 29.3 Å². The summed E-state index contributed by atoms with van der Waals surface area (Å²) >= 11 is 8.20. The van der Waals surface area contributed by atoms with Crippen molar-refractivity contribution in [1.82, 2.24) is 9.97 Å². The lowest BCUT2D eigenvalue weighted by atomic mass is 9.68. The summed E-state index contributed by atoms with van der Waals surface area (Å²) in [7, 11) is 1.41. The molecular formula is C39H44ClN3O4S. The van der Waals surface area contributed by atoms with Crippen molar-refractivity contribution in [3.05, 3.63) is 88.7 Å². The number of hydrogen-bond acceptors (Lipinski definition) is 8. The quantitative estimate of drug-likeness (QED) is 0.134. The number of rotatable bonds is 8. The van der Waals surface area contributed by atoms with Gasteiger partial charge in [0.15, 0.2) is 10.9 Å². The molecule has 252 valence electrons. The summed E-state index contributed by atoms with van der Waals surface area (Å²) in [6.45, 7) is 4.33. The van der Waals surface area contributed by atoms with Crippen molar-refractivity contribution in [2.24, 2.45) is 23.7 Å². The van der Waals surface area contributed by atoms with Crippen LogP contribution in [0.3, 0.4) is 0 Å². The Morgan fingerprint density at radius 2 is 1.96 bits per heavy atom. The fourth-order valence-corrected chi connectivity index (χ4v) is 9.83. The molecule has 3 aliphatic carbocycles. The molecule has 0 N–H and O–H groups in total. The van der Waals surface area contributed by atoms with Crippen LogP contribution in [0, 0.1) is 23.7 Å². The molecule has 0 bridgehead atoms. The molecule has 7 rings (SSSR count). The second-order valence-electron chi connectivity index (χ2n) is 14.1. The topological polar surface area (TPSA) is 81.6 Å². The number of nitrogens with zero attached hydrogens (tertiary/aromatic N) is 3. The highest BCUT2D eigenvalue weighted by Crippen LogP contribution is 2.47. The highest BCUT2D eigenvalue weighted by atomic mass is 35.5. The maximum atomic E-state index is 13.8. The summed E-state index contributed by atoms with van der Waals surface area (Å²) in [4.78, 5) is 37.6. The molecule has 7 nitrogen and oxygen atoms in total. The number of halogens is 1. The minimum Gasteiger partial charge on any atom is -0.490 e. The van der Waals surface area contributed by atoms with Crippen molar-refractivity contribution < 1.29 is 19.1 Å². The van der Waals surface area contributed by atoms with Crippen molar-refractivity contribution in [3.8, 4) is 5.75 Å². The number of aromatic nitrogens is 2. The van der Waals surface area contributed by atoms with Gasteiger partial charge < -0.3 is 14.4 Å². The van der Waals surface area contributed by atoms with Crippen LogP contribution in [0.4, 0.5) is 5.69 Å². The molecule has 1 aliphatic heterocycles. The number of ketones is 1. The number of thioether (sulfide) groups is 1. The van der Waals surface area contributed by atoms with E-state index >= 15 is 0 Å². The lowest BCUT2D eigenvalue weighted by Gasteiger charge is -2.44. The molecule has 2 fully saturated rings. The summed E-state index contributed by atoms with van der Waals surface area (Å²) < 4.78 is 11.7. The van der Waals surface area contributed by atoms with Crippen LogP contribution >= 0.6 is 23.4 Å². The Morgan fingerprint density at radius 3 is 2.75 bits per heavy atom. The van der Waals surface area contributed by atoms with E-state index in [0.717, 1.165) is 86.1 Å². The molecule has 0 radical (unpaired) electrons. The third-order valence-corrected chi connectivity index (χ3v) is 12.9. The number of ether oxygens (including phenoxy) is 2. The van der Waals surface area contributed by atoms with Crippen molar-refractivity contribution in [3.63, 3.8) is 0 Å². The summed E-state index contributed by atoms with van der Waals surface area (Å²) in [6, 6.07) is 13.7. The summed E-state index contributed by atoms with van der Waals surface area (Å²) in [5.41, 5.74) is 3.76. The molecule has 2 heterocycles. The molecule has 1 aromatic heterocycles. The number of aryl methyl sites for hydroxylation is 1. The van der Waals surface area contributed by atoms with Crippen LogP contribution in [0.15, 0.2) is 72.2 Å². The number of carbonyl (C=O) groups excluding carboxylic acids is 2. The maximum absolute atomic E-state index is 13.8. The number of fused-ring (bicyclic) bond motifs is 3. The van der Waals surface area contributed by atoms with Gasteiger partial charge in [-0.2, -0.15) is 0 Å². The van der Waals surface area contributed by atoms with E-state index in [2.05, 4.69) is 40.0 Å². The SMILES string of the molecule is COC(=O)c1ccc2c(c1)N(C[C@@H]1CC[C@H]1C(=O)/C=C/[C@@H]1CCC[C@@H](Sc3ncccn3)[C@H]1C)CC1(CCCc3cc(Cl)ccc31)CO2. The van der Waals surface area contributed by atoms with E-state index in [1.807, 2.05) is 30.3 Å². The summed E-state index contributed by atoms with van der Waals surface area (Å²) in [5.74, 6) is 1.66. The Balaban J connectivity index is 1.10. The second-order valence-corrected chi connectivity index (χ2v) is 15.8. The van der Waals surface area contributed by atoms with E-state index in [4.69, 9.17) is 21.1 Å². The van der Waals surface area contributed by atoms with E-state index in [1.54, 1.807) is 30.2 Å². The predicted molar refractivity (Wildman–Crippen MR) is 190 cm³/mol. The smallest absolute Gasteiger partial charge is 0.337 e. The summed E-state index contributed by atoms with van der Waals surface area (Å²) in [6.07, 6.45) is 16.0. The van der Waals surface area contributed by atoms with E-state index in [9.17, 15) is 9.59 Å². The van der Waals surface area contributed by atoms with Gasteiger partial charge >= 0.3 is 5.97 Å². The normalized spacial score (nSPS) is 28.1. The van der Waals surface area contributed by atoms with Crippen molar-refractivity contribution >= 4 is 40.8 Å². The first-order valence-corrected chi connectivity index (χ1v) is 18.6. The number of allylic oxidation sites excluding steroid dienone is 2. The largest absolute Gasteiger partial charge is 0.490 e. The molecule has 9 heteroatoms. The third kappa shape index (κ3) is 6.75. The van der Waals surface area contributed by atoms with E-state index < -0.39 is 0 Å². The first kappa shape index (κ1) is 33.2. The van der Waals surface area contributed by atoms with Crippen molar-refractivity contribution in [1.29, 1.82) is 0 Å². The molecule has 2 saturated carbocycles. The zero-order valence-electron chi connectivity index (χ0n) is 27.8. The van der Waals surface area contributed by atoms with E-state index in [-0.39, 0.29) is 29.0 Å². The molecule has 1 spiro atoms. The van der Waals surface area contributed by atoms with E-state index in [1.165, 1.54) is 18.2 Å². The predicted octanol–water partition coefficient (Wildman–Crippen LogP) is 8.14. The van der Waals surface area contributed by atoms with Gasteiger partial charge in [0.05, 0.1) is 25.0 Å². The van der Waals surface area contributed by atoms with Crippen molar-refractivity contribution in [2.45, 2.75) is 74.1 Å². The lowest BCUT2D eigenvalue weighted by molar-refractivity contribution is -0.122. The zero-order valence-corrected chi connectivity index (χ0v) is 29.3. The standard InChI is InChI=1S/C39H44ClN3O4S/c1-25-26(6-3-8-36(25)48-38-41-18-5-19-42-38)10-15-34(44)31-13-9-29(31)22-43-23-39(17-4-7-27-20-30(40)12-14-32(27)39)24-47-35-16-11-28(21-33(35)43)37(45)46-2/h5,10-12,14-16,18-21,25-26,29,31,36H,3-4,6-9,13,17,22-24H2,1-2H3/b15-10+/t25-,26-,29-,31+,36+,39?/m0/s1. The Kier molecular flexibility index (Phi) is 9.84. The van der Waals surface area contributed by atoms with Crippen LogP contribution in [0.2, 0.25) is 5.02 Å². The number of carbonyl (C=O) groups is 2. The minimum atomic E-state index is -0.370.